The van der Waals surface area contributed by atoms with Crippen LogP contribution in [0.5, 0.6) is 0 Å². The Morgan fingerprint density at radius 3 is 2.08 bits per heavy atom. The molecule has 0 aliphatic heterocycles. The Hall–Kier alpha value is -0.343. The van der Waals surface area contributed by atoms with Gasteiger partial charge in [-0.15, -0.1) is 0 Å². The highest BCUT2D eigenvalue weighted by molar-refractivity contribution is 9.10. The van der Waals surface area contributed by atoms with Crippen molar-refractivity contribution in [3.63, 3.8) is 0 Å². The summed E-state index contributed by atoms with van der Waals surface area (Å²) < 4.78 is 1.14. The lowest BCUT2D eigenvalue weighted by atomic mass is 10.2. The summed E-state index contributed by atoms with van der Waals surface area (Å²) in [5.74, 6) is 0. The number of hydrogen-bond donors (Lipinski definition) is 0. The molecule has 0 amide bonds. The first kappa shape index (κ1) is 10.7. The molecule has 0 N–H and O–H groups in total. The summed E-state index contributed by atoms with van der Waals surface area (Å²) in [6.07, 6.45) is 2.22. The summed E-state index contributed by atoms with van der Waals surface area (Å²) in [6, 6.07) is 8.40. The van der Waals surface area contributed by atoms with Crippen molar-refractivity contribution in [1.82, 2.24) is 0 Å². The van der Waals surface area contributed by atoms with Gasteiger partial charge < -0.3 is 0 Å². The smallest absolute Gasteiger partial charge is 0.0687 e. The van der Waals surface area contributed by atoms with Crippen LogP contribution in [0.4, 0.5) is 0 Å². The summed E-state index contributed by atoms with van der Waals surface area (Å²) in [4.78, 5) is 0. The highest BCUT2D eigenvalue weighted by Gasteiger charge is 2.06. The van der Waals surface area contributed by atoms with Crippen molar-refractivity contribution in [3.05, 3.63) is 40.0 Å². The molecule has 0 radical (unpaired) electrons. The van der Waals surface area contributed by atoms with Crippen LogP contribution in [0.2, 0.25) is 19.6 Å². The van der Waals surface area contributed by atoms with Crippen LogP contribution in [0.15, 0.2) is 34.4 Å². The van der Waals surface area contributed by atoms with Gasteiger partial charge in [0.1, 0.15) is 0 Å². The molecule has 0 aliphatic carbocycles. The van der Waals surface area contributed by atoms with Crippen LogP contribution < -0.4 is 0 Å². The summed E-state index contributed by atoms with van der Waals surface area (Å²) in [7, 11) is -1.05. The topological polar surface area (TPSA) is 0 Å². The molecule has 1 rings (SSSR count). The fourth-order valence-electron chi connectivity index (χ4n) is 0.920. The van der Waals surface area contributed by atoms with Gasteiger partial charge in [0.15, 0.2) is 0 Å². The van der Waals surface area contributed by atoms with Crippen LogP contribution >= 0.6 is 15.9 Å². The maximum Gasteiger partial charge on any atom is 0.0687 e. The normalized spacial score (nSPS) is 12.3. The Balaban J connectivity index is 2.75. The van der Waals surface area contributed by atoms with Gasteiger partial charge in [0.05, 0.1) is 8.07 Å². The Labute approximate surface area is 89.8 Å². The van der Waals surface area contributed by atoms with E-state index in [-0.39, 0.29) is 0 Å². The molecule has 0 atom stereocenters. The molecule has 0 aromatic heterocycles. The van der Waals surface area contributed by atoms with Gasteiger partial charge in [-0.05, 0) is 17.7 Å². The zero-order chi connectivity index (χ0) is 9.90. The first-order valence-electron chi connectivity index (χ1n) is 4.42. The molecule has 1 aromatic carbocycles. The Morgan fingerprint density at radius 1 is 1.08 bits per heavy atom. The van der Waals surface area contributed by atoms with E-state index in [9.17, 15) is 0 Å². The van der Waals surface area contributed by atoms with Crippen molar-refractivity contribution >= 4 is 30.1 Å². The number of rotatable bonds is 2. The van der Waals surface area contributed by atoms with E-state index < -0.39 is 8.07 Å². The second-order valence-corrected chi connectivity index (χ2v) is 10.2. The first-order valence-corrected chi connectivity index (χ1v) is 8.79. The van der Waals surface area contributed by atoms with Crippen LogP contribution in [-0.2, 0) is 0 Å². The average molecular weight is 255 g/mol. The summed E-state index contributed by atoms with van der Waals surface area (Å²) >= 11 is 3.42. The van der Waals surface area contributed by atoms with Gasteiger partial charge in [-0.3, -0.25) is 0 Å². The molecule has 13 heavy (non-hydrogen) atoms. The van der Waals surface area contributed by atoms with Crippen molar-refractivity contribution in [3.8, 4) is 0 Å². The van der Waals surface area contributed by atoms with Crippen LogP contribution in [0.3, 0.4) is 0 Å². The lowest BCUT2D eigenvalue weighted by Gasteiger charge is -2.07. The van der Waals surface area contributed by atoms with E-state index in [2.05, 4.69) is 71.6 Å². The predicted molar refractivity (Wildman–Crippen MR) is 66.5 cm³/mol. The molecule has 1 aromatic rings. The highest BCUT2D eigenvalue weighted by atomic mass is 79.9. The predicted octanol–water partition coefficient (Wildman–Crippen LogP) is 4.34. The number of hydrogen-bond acceptors (Lipinski definition) is 0. The molecule has 0 saturated carbocycles. The second-order valence-electron chi connectivity index (χ2n) is 4.25. The van der Waals surface area contributed by atoms with Gasteiger partial charge in [-0.25, -0.2) is 0 Å². The van der Waals surface area contributed by atoms with Crippen LogP contribution in [0, 0.1) is 0 Å². The molecule has 0 bridgehead atoms. The summed E-state index contributed by atoms with van der Waals surface area (Å²) in [5, 5.41) is 0. The Morgan fingerprint density at radius 2 is 1.62 bits per heavy atom. The van der Waals surface area contributed by atoms with Crippen molar-refractivity contribution in [2.24, 2.45) is 0 Å². The minimum absolute atomic E-state index is 1.05. The van der Waals surface area contributed by atoms with E-state index in [1.165, 1.54) is 5.56 Å². The van der Waals surface area contributed by atoms with E-state index in [0.29, 0.717) is 0 Å². The van der Waals surface area contributed by atoms with E-state index >= 15 is 0 Å². The van der Waals surface area contributed by atoms with Gasteiger partial charge in [0.2, 0.25) is 0 Å². The van der Waals surface area contributed by atoms with Gasteiger partial charge >= 0.3 is 0 Å². The third-order valence-electron chi connectivity index (χ3n) is 1.65. The van der Waals surface area contributed by atoms with Crippen molar-refractivity contribution in [2.45, 2.75) is 19.6 Å². The quantitative estimate of drug-likeness (QED) is 0.689. The van der Waals surface area contributed by atoms with E-state index in [1.807, 2.05) is 0 Å². The van der Waals surface area contributed by atoms with Gasteiger partial charge in [0.25, 0.3) is 0 Å². The van der Waals surface area contributed by atoms with Crippen LogP contribution in [-0.4, -0.2) is 8.07 Å². The molecule has 0 saturated heterocycles. The standard InChI is InChI=1S/C11H15BrSi/c1-13(2,3)9-8-10-4-6-11(12)7-5-10/h4-9H,1-3H3/b9-8-. The molecule has 0 fully saturated rings. The maximum absolute atomic E-state index is 3.42. The molecular formula is C11H15BrSi. The number of benzene rings is 1. The molecule has 0 heterocycles. The van der Waals surface area contributed by atoms with Crippen LogP contribution in [0.1, 0.15) is 5.56 Å². The summed E-state index contributed by atoms with van der Waals surface area (Å²) in [5.41, 5.74) is 3.64. The molecular weight excluding hydrogens is 240 g/mol. The van der Waals surface area contributed by atoms with Crippen molar-refractivity contribution in [2.75, 3.05) is 0 Å². The molecule has 0 unspecified atom stereocenters. The third kappa shape index (κ3) is 4.43. The second kappa shape index (κ2) is 4.25. The van der Waals surface area contributed by atoms with E-state index in [4.69, 9.17) is 0 Å². The lowest BCUT2D eigenvalue weighted by molar-refractivity contribution is 1.61. The molecule has 2 heteroatoms. The molecule has 0 aliphatic rings. The third-order valence-corrected chi connectivity index (χ3v) is 3.34. The van der Waals surface area contributed by atoms with Crippen molar-refractivity contribution in [1.29, 1.82) is 0 Å². The monoisotopic (exact) mass is 254 g/mol. The van der Waals surface area contributed by atoms with Gasteiger partial charge in [0, 0.05) is 4.47 Å². The minimum Gasteiger partial charge on any atom is -0.0944 e. The lowest BCUT2D eigenvalue weighted by Crippen LogP contribution is -2.15. The number of halogens is 1. The Bertz CT molecular complexity index is 293. The molecule has 0 spiro atoms. The Kier molecular flexibility index (Phi) is 3.51. The molecule has 0 nitrogen and oxygen atoms in total. The minimum atomic E-state index is -1.05. The van der Waals surface area contributed by atoms with Gasteiger partial charge in [-0.2, -0.15) is 0 Å². The highest BCUT2D eigenvalue weighted by Crippen LogP contribution is 2.13. The van der Waals surface area contributed by atoms with Crippen molar-refractivity contribution < 1.29 is 0 Å². The van der Waals surface area contributed by atoms with Gasteiger partial charge in [-0.1, -0.05) is 59.5 Å². The van der Waals surface area contributed by atoms with Crippen LogP contribution in [0.25, 0.3) is 6.08 Å². The average Bonchev–Trinajstić information content (AvgIpc) is 2.02. The zero-order valence-electron chi connectivity index (χ0n) is 8.34. The fourth-order valence-corrected chi connectivity index (χ4v) is 1.88. The zero-order valence-corrected chi connectivity index (χ0v) is 10.9. The molecule has 70 valence electrons. The fraction of sp³-hybridized carbons (Fsp3) is 0.273. The first-order chi connectivity index (χ1) is 5.97. The van der Waals surface area contributed by atoms with E-state index in [1.54, 1.807) is 0 Å². The largest absolute Gasteiger partial charge is 0.0944 e. The maximum atomic E-state index is 3.42. The summed E-state index contributed by atoms with van der Waals surface area (Å²) in [6.45, 7) is 7.01. The SMILES string of the molecule is C[Si](C)(C)/C=C\c1ccc(Br)cc1. The van der Waals surface area contributed by atoms with E-state index in [0.717, 1.165) is 4.47 Å².